The lowest BCUT2D eigenvalue weighted by Crippen LogP contribution is -2.49. The largest absolute Gasteiger partial charge is 0.383 e. The number of hydrogen-bond donors (Lipinski definition) is 1. The fourth-order valence-electron chi connectivity index (χ4n) is 3.91. The summed E-state index contributed by atoms with van der Waals surface area (Å²) in [6, 6.07) is 15.7. The van der Waals surface area contributed by atoms with Gasteiger partial charge in [-0.25, -0.2) is 4.68 Å². The van der Waals surface area contributed by atoms with Crippen LogP contribution >= 0.6 is 34.8 Å². The standard InChI is InChI=1S/C22H21Cl3N6/c23-17-3-1-15(2-4-17)21-14-29(8-10-31-22(27)16(12-26)13-28-31)7-9-30(21)20-6-5-18(24)11-19(20)25/h1-6,11,13,21H,7-10,14,27H2/t21-/m0/s1. The van der Waals surface area contributed by atoms with Crippen molar-refractivity contribution >= 4 is 46.3 Å². The van der Waals surface area contributed by atoms with E-state index in [0.29, 0.717) is 33.0 Å². The van der Waals surface area contributed by atoms with E-state index in [4.69, 9.17) is 45.8 Å². The second-order valence-corrected chi connectivity index (χ2v) is 8.72. The highest BCUT2D eigenvalue weighted by atomic mass is 35.5. The number of aromatic nitrogens is 2. The van der Waals surface area contributed by atoms with Crippen molar-refractivity contribution < 1.29 is 0 Å². The van der Waals surface area contributed by atoms with Gasteiger partial charge in [0.05, 0.1) is 29.5 Å². The van der Waals surface area contributed by atoms with Gasteiger partial charge in [-0.05, 0) is 35.9 Å². The molecule has 4 rings (SSSR count). The van der Waals surface area contributed by atoms with E-state index < -0.39 is 0 Å². The van der Waals surface area contributed by atoms with Crippen LogP contribution in [0, 0.1) is 11.3 Å². The molecule has 1 saturated heterocycles. The average Bonchev–Trinajstić information content (AvgIpc) is 3.12. The molecular formula is C22H21Cl3N6. The van der Waals surface area contributed by atoms with Crippen LogP contribution in [0.25, 0.3) is 0 Å². The third-order valence-electron chi connectivity index (χ3n) is 5.57. The molecule has 2 N–H and O–H groups in total. The lowest BCUT2D eigenvalue weighted by atomic mass is 10.0. The summed E-state index contributed by atoms with van der Waals surface area (Å²) in [5, 5.41) is 15.3. The summed E-state index contributed by atoms with van der Waals surface area (Å²) >= 11 is 18.8. The fourth-order valence-corrected chi connectivity index (χ4v) is 4.55. The monoisotopic (exact) mass is 474 g/mol. The summed E-state index contributed by atoms with van der Waals surface area (Å²) in [5.41, 5.74) is 8.52. The number of piperazine rings is 1. The van der Waals surface area contributed by atoms with E-state index >= 15 is 0 Å². The van der Waals surface area contributed by atoms with E-state index in [2.05, 4.69) is 33.1 Å². The SMILES string of the molecule is N#Cc1cnn(CCN2CCN(c3ccc(Cl)cc3Cl)[C@H](c3ccc(Cl)cc3)C2)c1N. The van der Waals surface area contributed by atoms with E-state index in [0.717, 1.165) is 37.4 Å². The number of nitriles is 1. The fraction of sp³-hybridized carbons (Fsp3) is 0.273. The van der Waals surface area contributed by atoms with Crippen molar-refractivity contribution in [2.75, 3.05) is 36.8 Å². The van der Waals surface area contributed by atoms with E-state index in [1.165, 1.54) is 6.20 Å². The number of benzene rings is 2. The van der Waals surface area contributed by atoms with Crippen LogP contribution in [0.2, 0.25) is 15.1 Å². The van der Waals surface area contributed by atoms with Crippen molar-refractivity contribution in [3.8, 4) is 6.07 Å². The molecule has 1 atom stereocenters. The maximum atomic E-state index is 9.08. The van der Waals surface area contributed by atoms with Crippen molar-refractivity contribution in [2.24, 2.45) is 0 Å². The first kappa shape index (κ1) is 21.8. The van der Waals surface area contributed by atoms with Crippen LogP contribution in [-0.4, -0.2) is 40.9 Å². The Morgan fingerprint density at radius 3 is 2.45 bits per heavy atom. The van der Waals surface area contributed by atoms with Gasteiger partial charge in [-0.15, -0.1) is 0 Å². The second-order valence-electron chi connectivity index (χ2n) is 7.44. The Morgan fingerprint density at radius 2 is 1.77 bits per heavy atom. The minimum atomic E-state index is 0.0920. The van der Waals surface area contributed by atoms with Gasteiger partial charge < -0.3 is 10.6 Å². The van der Waals surface area contributed by atoms with E-state index in [-0.39, 0.29) is 6.04 Å². The Hall–Kier alpha value is -2.43. The highest BCUT2D eigenvalue weighted by Crippen LogP contribution is 2.36. The molecule has 0 unspecified atom stereocenters. The number of anilines is 2. The summed E-state index contributed by atoms with van der Waals surface area (Å²) in [4.78, 5) is 4.68. The first-order valence-electron chi connectivity index (χ1n) is 9.87. The highest BCUT2D eigenvalue weighted by Gasteiger charge is 2.29. The average molecular weight is 476 g/mol. The van der Waals surface area contributed by atoms with Crippen molar-refractivity contribution in [3.63, 3.8) is 0 Å². The molecule has 0 bridgehead atoms. The molecular weight excluding hydrogens is 455 g/mol. The van der Waals surface area contributed by atoms with E-state index in [1.807, 2.05) is 24.3 Å². The van der Waals surface area contributed by atoms with Gasteiger partial charge in [-0.3, -0.25) is 4.90 Å². The summed E-state index contributed by atoms with van der Waals surface area (Å²) in [6.45, 7) is 3.83. The summed E-state index contributed by atoms with van der Waals surface area (Å²) in [6.07, 6.45) is 1.51. The van der Waals surface area contributed by atoms with Crippen LogP contribution in [0.15, 0.2) is 48.7 Å². The van der Waals surface area contributed by atoms with Gasteiger partial charge in [-0.2, -0.15) is 10.4 Å². The molecule has 0 amide bonds. The molecule has 160 valence electrons. The van der Waals surface area contributed by atoms with Crippen LogP contribution in [0.4, 0.5) is 11.5 Å². The summed E-state index contributed by atoms with van der Waals surface area (Å²) < 4.78 is 1.68. The molecule has 0 aliphatic carbocycles. The van der Waals surface area contributed by atoms with Crippen LogP contribution in [0.3, 0.4) is 0 Å². The predicted molar refractivity (Wildman–Crippen MR) is 126 cm³/mol. The normalized spacial score (nSPS) is 17.0. The maximum absolute atomic E-state index is 9.08. The minimum Gasteiger partial charge on any atom is -0.383 e. The molecule has 1 aromatic heterocycles. The molecule has 0 spiro atoms. The molecule has 0 radical (unpaired) electrons. The van der Waals surface area contributed by atoms with Gasteiger partial charge in [0.15, 0.2) is 0 Å². The first-order valence-corrected chi connectivity index (χ1v) is 11.0. The molecule has 1 aliphatic heterocycles. The number of halogens is 3. The third kappa shape index (κ3) is 4.76. The van der Waals surface area contributed by atoms with Crippen molar-refractivity contribution in [3.05, 3.63) is 74.9 Å². The number of nitrogens with two attached hydrogens (primary N) is 1. The van der Waals surface area contributed by atoms with Crippen molar-refractivity contribution in [2.45, 2.75) is 12.6 Å². The molecule has 3 aromatic rings. The molecule has 6 nitrogen and oxygen atoms in total. The zero-order valence-electron chi connectivity index (χ0n) is 16.7. The number of nitrogens with zero attached hydrogens (tertiary/aromatic N) is 5. The van der Waals surface area contributed by atoms with Gasteiger partial charge in [0.25, 0.3) is 0 Å². The van der Waals surface area contributed by atoms with E-state index in [9.17, 15) is 0 Å². The third-order valence-corrected chi connectivity index (χ3v) is 6.36. The Morgan fingerprint density at radius 1 is 1.03 bits per heavy atom. The quantitative estimate of drug-likeness (QED) is 0.570. The smallest absolute Gasteiger partial charge is 0.139 e. The van der Waals surface area contributed by atoms with Crippen LogP contribution in [0.1, 0.15) is 17.2 Å². The number of nitrogen functional groups attached to an aromatic ring is 1. The van der Waals surface area contributed by atoms with E-state index in [1.54, 1.807) is 10.7 Å². The summed E-state index contributed by atoms with van der Waals surface area (Å²) in [5.74, 6) is 0.406. The van der Waals surface area contributed by atoms with Crippen molar-refractivity contribution in [1.29, 1.82) is 5.26 Å². The lowest BCUT2D eigenvalue weighted by molar-refractivity contribution is 0.213. The molecule has 1 fully saturated rings. The second kappa shape index (κ2) is 9.37. The molecule has 1 aliphatic rings. The zero-order chi connectivity index (χ0) is 22.0. The number of rotatable bonds is 5. The van der Waals surface area contributed by atoms with Crippen LogP contribution in [-0.2, 0) is 6.54 Å². The molecule has 2 aromatic carbocycles. The molecule has 9 heteroatoms. The Balaban J connectivity index is 1.56. The molecule has 31 heavy (non-hydrogen) atoms. The minimum absolute atomic E-state index is 0.0920. The van der Waals surface area contributed by atoms with Crippen LogP contribution in [0.5, 0.6) is 0 Å². The molecule has 2 heterocycles. The van der Waals surface area contributed by atoms with Gasteiger partial charge in [0.1, 0.15) is 17.5 Å². The van der Waals surface area contributed by atoms with Crippen LogP contribution < -0.4 is 10.6 Å². The highest BCUT2D eigenvalue weighted by molar-refractivity contribution is 6.36. The Labute approximate surface area is 196 Å². The molecule has 0 saturated carbocycles. The van der Waals surface area contributed by atoms with Gasteiger partial charge >= 0.3 is 0 Å². The van der Waals surface area contributed by atoms with Gasteiger partial charge in [0.2, 0.25) is 0 Å². The maximum Gasteiger partial charge on any atom is 0.139 e. The first-order chi connectivity index (χ1) is 15.0. The Bertz CT molecular complexity index is 1110. The van der Waals surface area contributed by atoms with Crippen molar-refractivity contribution in [1.82, 2.24) is 14.7 Å². The Kier molecular flexibility index (Phi) is 6.59. The predicted octanol–water partition coefficient (Wildman–Crippen LogP) is 4.86. The lowest BCUT2D eigenvalue weighted by Gasteiger charge is -2.43. The van der Waals surface area contributed by atoms with Gasteiger partial charge in [-0.1, -0.05) is 46.9 Å². The number of hydrogen-bond acceptors (Lipinski definition) is 5. The summed E-state index contributed by atoms with van der Waals surface area (Å²) in [7, 11) is 0. The zero-order valence-corrected chi connectivity index (χ0v) is 18.9. The van der Waals surface area contributed by atoms with Gasteiger partial charge in [0, 0.05) is 36.2 Å². The topological polar surface area (TPSA) is 74.1 Å².